The van der Waals surface area contributed by atoms with Gasteiger partial charge in [-0.2, -0.15) is 5.10 Å². The molecule has 0 aliphatic carbocycles. The van der Waals surface area contributed by atoms with E-state index in [-0.39, 0.29) is 11.9 Å². The molecule has 1 aromatic carbocycles. The molecule has 5 heteroatoms. The zero-order valence-electron chi connectivity index (χ0n) is 15.3. The Kier molecular flexibility index (Phi) is 5.53. The molecule has 0 spiro atoms. The van der Waals surface area contributed by atoms with E-state index in [2.05, 4.69) is 18.1 Å². The Balaban J connectivity index is 1.59. The molecule has 0 unspecified atom stereocenters. The number of ether oxygens (including phenoxy) is 1. The number of aryl methyl sites for hydroxylation is 2. The number of carbonyl (C=O) groups is 1. The predicted molar refractivity (Wildman–Crippen MR) is 97.1 cm³/mol. The maximum absolute atomic E-state index is 12.8. The smallest absolute Gasteiger partial charge is 0.251 e. The average molecular weight is 341 g/mol. The molecule has 0 saturated carbocycles. The summed E-state index contributed by atoms with van der Waals surface area (Å²) in [7, 11) is 0. The largest absolute Gasteiger partial charge is 0.364 e. The third-order valence-corrected chi connectivity index (χ3v) is 4.84. The van der Waals surface area contributed by atoms with Gasteiger partial charge in [-0.3, -0.25) is 9.48 Å². The van der Waals surface area contributed by atoms with E-state index in [0.29, 0.717) is 6.61 Å². The van der Waals surface area contributed by atoms with Crippen molar-refractivity contribution in [3.05, 3.63) is 53.3 Å². The summed E-state index contributed by atoms with van der Waals surface area (Å²) in [6.07, 6.45) is 1.64. The summed E-state index contributed by atoms with van der Waals surface area (Å²) in [5.41, 5.74) is 3.25. The maximum atomic E-state index is 12.8. The second kappa shape index (κ2) is 7.83. The summed E-state index contributed by atoms with van der Waals surface area (Å²) in [5.74, 6) is 0.0833. The third kappa shape index (κ3) is 4.28. The highest BCUT2D eigenvalue weighted by atomic mass is 16.5. The Bertz CT molecular complexity index is 711. The van der Waals surface area contributed by atoms with E-state index in [9.17, 15) is 4.79 Å². The summed E-state index contributed by atoms with van der Waals surface area (Å²) in [5, 5.41) is 4.54. The van der Waals surface area contributed by atoms with Gasteiger partial charge in [-0.05, 0) is 45.2 Å². The van der Waals surface area contributed by atoms with Crippen LogP contribution in [0.15, 0.2) is 36.4 Å². The van der Waals surface area contributed by atoms with Crippen molar-refractivity contribution in [1.82, 2.24) is 14.7 Å². The molecule has 0 bridgehead atoms. The highest BCUT2D eigenvalue weighted by Gasteiger charge is 2.32. The molecule has 25 heavy (non-hydrogen) atoms. The highest BCUT2D eigenvalue weighted by molar-refractivity contribution is 5.81. The van der Waals surface area contributed by atoms with Gasteiger partial charge in [0, 0.05) is 12.2 Å². The monoisotopic (exact) mass is 341 g/mol. The maximum Gasteiger partial charge on any atom is 0.251 e. The summed E-state index contributed by atoms with van der Waals surface area (Å²) in [6, 6.07) is 12.2. The first-order chi connectivity index (χ1) is 12.0. The first-order valence-electron chi connectivity index (χ1n) is 9.01. The molecule has 0 radical (unpaired) electrons. The summed E-state index contributed by atoms with van der Waals surface area (Å²) in [6.45, 7) is 7.94. The molecule has 5 nitrogen and oxygen atoms in total. The number of rotatable bonds is 6. The predicted octanol–water partition coefficient (Wildman–Crippen LogP) is 3.10. The van der Waals surface area contributed by atoms with Crippen molar-refractivity contribution in [1.29, 1.82) is 0 Å². The van der Waals surface area contributed by atoms with Gasteiger partial charge in [0.15, 0.2) is 0 Å². The van der Waals surface area contributed by atoms with Crippen LogP contribution in [0.5, 0.6) is 0 Å². The van der Waals surface area contributed by atoms with E-state index in [1.165, 1.54) is 0 Å². The Morgan fingerprint density at radius 3 is 2.76 bits per heavy atom. The number of nitrogens with zero attached hydrogens (tertiary/aromatic N) is 3. The lowest BCUT2D eigenvalue weighted by molar-refractivity contribution is -0.144. The summed E-state index contributed by atoms with van der Waals surface area (Å²) in [4.78, 5) is 14.8. The number of hydrogen-bond acceptors (Lipinski definition) is 3. The van der Waals surface area contributed by atoms with E-state index in [1.807, 2.05) is 53.8 Å². The first-order valence-corrected chi connectivity index (χ1v) is 9.01. The molecule has 2 atom stereocenters. The number of carbonyl (C=O) groups excluding carboxylic acids is 1. The zero-order chi connectivity index (χ0) is 17.8. The van der Waals surface area contributed by atoms with E-state index in [4.69, 9.17) is 4.74 Å². The SMILES string of the molecule is Cc1cc(C)n(C[C@@H]2CCCN2C(=O)[C@H](C)OCc2ccccc2)n1. The molecule has 0 N–H and O–H groups in total. The average Bonchev–Trinajstić information content (AvgIpc) is 3.19. The van der Waals surface area contributed by atoms with E-state index >= 15 is 0 Å². The van der Waals surface area contributed by atoms with Gasteiger partial charge in [-0.15, -0.1) is 0 Å². The standard InChI is InChI=1S/C20H27N3O2/c1-15-12-16(2)23(21-15)13-19-10-7-11-22(19)20(24)17(3)25-14-18-8-5-4-6-9-18/h4-6,8-9,12,17,19H,7,10-11,13-14H2,1-3H3/t17-,19-/m0/s1. The minimum atomic E-state index is -0.429. The van der Waals surface area contributed by atoms with E-state index in [0.717, 1.165) is 42.9 Å². The Hall–Kier alpha value is -2.14. The van der Waals surface area contributed by atoms with Gasteiger partial charge < -0.3 is 9.64 Å². The number of benzene rings is 1. The van der Waals surface area contributed by atoms with Crippen molar-refractivity contribution in [2.75, 3.05) is 6.54 Å². The molecule has 1 aliphatic rings. The second-order valence-electron chi connectivity index (χ2n) is 6.88. The van der Waals surface area contributed by atoms with Crippen molar-refractivity contribution in [3.63, 3.8) is 0 Å². The van der Waals surface area contributed by atoms with E-state index in [1.54, 1.807) is 0 Å². The van der Waals surface area contributed by atoms with Gasteiger partial charge in [0.2, 0.25) is 0 Å². The Labute approximate surface area is 149 Å². The fraction of sp³-hybridized carbons (Fsp3) is 0.500. The number of aromatic nitrogens is 2. The van der Waals surface area contributed by atoms with Crippen LogP contribution in [0.1, 0.15) is 36.7 Å². The van der Waals surface area contributed by atoms with Crippen molar-refractivity contribution < 1.29 is 9.53 Å². The van der Waals surface area contributed by atoms with Gasteiger partial charge in [-0.1, -0.05) is 30.3 Å². The van der Waals surface area contributed by atoms with Crippen LogP contribution >= 0.6 is 0 Å². The normalized spacial score (nSPS) is 18.5. The second-order valence-corrected chi connectivity index (χ2v) is 6.88. The fourth-order valence-corrected chi connectivity index (χ4v) is 3.48. The molecule has 3 rings (SSSR count). The van der Waals surface area contributed by atoms with E-state index < -0.39 is 6.10 Å². The van der Waals surface area contributed by atoms with Gasteiger partial charge >= 0.3 is 0 Å². The van der Waals surface area contributed by atoms with Crippen LogP contribution in [0.25, 0.3) is 0 Å². The summed E-state index contributed by atoms with van der Waals surface area (Å²) < 4.78 is 7.83. The van der Waals surface area contributed by atoms with Gasteiger partial charge in [-0.25, -0.2) is 0 Å². The van der Waals surface area contributed by atoms with Crippen LogP contribution < -0.4 is 0 Å². The Morgan fingerprint density at radius 1 is 1.32 bits per heavy atom. The van der Waals surface area contributed by atoms with Gasteiger partial charge in [0.05, 0.1) is 24.9 Å². The minimum absolute atomic E-state index is 0.0833. The lowest BCUT2D eigenvalue weighted by Crippen LogP contribution is -2.43. The molecule has 1 fully saturated rings. The third-order valence-electron chi connectivity index (χ3n) is 4.84. The highest BCUT2D eigenvalue weighted by Crippen LogP contribution is 2.21. The molecular formula is C20H27N3O2. The minimum Gasteiger partial charge on any atom is -0.364 e. The molecular weight excluding hydrogens is 314 g/mol. The fourth-order valence-electron chi connectivity index (χ4n) is 3.48. The van der Waals surface area contributed by atoms with Crippen molar-refractivity contribution >= 4 is 5.91 Å². The number of likely N-dealkylation sites (tertiary alicyclic amines) is 1. The molecule has 1 amide bonds. The van der Waals surface area contributed by atoms with Crippen molar-refractivity contribution in [2.45, 2.75) is 58.9 Å². The first kappa shape index (κ1) is 17.7. The lowest BCUT2D eigenvalue weighted by Gasteiger charge is -2.28. The molecule has 1 aromatic heterocycles. The Morgan fingerprint density at radius 2 is 2.08 bits per heavy atom. The van der Waals surface area contributed by atoms with Crippen LogP contribution in [0.3, 0.4) is 0 Å². The van der Waals surface area contributed by atoms with Crippen LogP contribution in [0, 0.1) is 13.8 Å². The molecule has 2 heterocycles. The van der Waals surface area contributed by atoms with Crippen LogP contribution in [0.2, 0.25) is 0 Å². The van der Waals surface area contributed by atoms with Crippen LogP contribution in [-0.2, 0) is 22.7 Å². The van der Waals surface area contributed by atoms with Gasteiger partial charge in [0.1, 0.15) is 6.10 Å². The molecule has 134 valence electrons. The summed E-state index contributed by atoms with van der Waals surface area (Å²) >= 11 is 0. The molecule has 2 aromatic rings. The van der Waals surface area contributed by atoms with Crippen LogP contribution in [-0.4, -0.2) is 39.3 Å². The quantitative estimate of drug-likeness (QED) is 0.811. The van der Waals surface area contributed by atoms with Crippen molar-refractivity contribution in [3.8, 4) is 0 Å². The topological polar surface area (TPSA) is 47.4 Å². The van der Waals surface area contributed by atoms with Crippen LogP contribution in [0.4, 0.5) is 0 Å². The molecule has 1 aliphatic heterocycles. The number of hydrogen-bond donors (Lipinski definition) is 0. The zero-order valence-corrected chi connectivity index (χ0v) is 15.3. The lowest BCUT2D eigenvalue weighted by atomic mass is 10.2. The van der Waals surface area contributed by atoms with Crippen molar-refractivity contribution in [2.24, 2.45) is 0 Å². The number of amides is 1. The molecule has 1 saturated heterocycles. The van der Waals surface area contributed by atoms with Gasteiger partial charge in [0.25, 0.3) is 5.91 Å².